The summed E-state index contributed by atoms with van der Waals surface area (Å²) in [7, 11) is 2.14. The van der Waals surface area contributed by atoms with Crippen molar-refractivity contribution in [2.24, 2.45) is 5.92 Å². The van der Waals surface area contributed by atoms with E-state index in [9.17, 15) is 0 Å². The zero-order chi connectivity index (χ0) is 11.7. The fraction of sp³-hybridized carbons (Fsp3) is 0.692. The summed E-state index contributed by atoms with van der Waals surface area (Å²) in [6, 6.07) is 0. The zero-order valence-electron chi connectivity index (χ0n) is 10.7. The molecule has 1 saturated carbocycles. The van der Waals surface area contributed by atoms with Gasteiger partial charge in [-0.1, -0.05) is 12.8 Å². The summed E-state index contributed by atoms with van der Waals surface area (Å²) >= 11 is 0. The maximum absolute atomic E-state index is 4.55. The van der Waals surface area contributed by atoms with Gasteiger partial charge in [-0.05, 0) is 33.1 Å². The van der Waals surface area contributed by atoms with Crippen LogP contribution < -0.4 is 4.90 Å². The lowest BCUT2D eigenvalue weighted by Gasteiger charge is -2.21. The molecule has 16 heavy (non-hydrogen) atoms. The first-order valence-electron chi connectivity index (χ1n) is 6.11. The molecule has 0 aliphatic heterocycles. The van der Waals surface area contributed by atoms with Gasteiger partial charge in [0.1, 0.15) is 11.6 Å². The van der Waals surface area contributed by atoms with Gasteiger partial charge in [0.05, 0.1) is 0 Å². The normalized spacial score (nSPS) is 15.2. The standard InChI is InChI=1S/C13H21N3/c1-9-10(2)14-11(3)15-13(9)16(4)8-7-12-5-6-12/h12H,5-8H2,1-4H3. The maximum atomic E-state index is 4.55. The highest BCUT2D eigenvalue weighted by Gasteiger charge is 2.21. The van der Waals surface area contributed by atoms with Crippen LogP contribution in [0.5, 0.6) is 0 Å². The summed E-state index contributed by atoms with van der Waals surface area (Å²) in [5.41, 5.74) is 2.31. The van der Waals surface area contributed by atoms with E-state index in [-0.39, 0.29) is 0 Å². The first-order valence-corrected chi connectivity index (χ1v) is 6.11. The van der Waals surface area contributed by atoms with E-state index in [1.807, 2.05) is 6.92 Å². The van der Waals surface area contributed by atoms with Gasteiger partial charge in [0, 0.05) is 24.8 Å². The second-order valence-electron chi connectivity index (χ2n) is 4.96. The number of anilines is 1. The van der Waals surface area contributed by atoms with Crippen molar-refractivity contribution in [2.75, 3.05) is 18.5 Å². The van der Waals surface area contributed by atoms with Crippen LogP contribution in [0.15, 0.2) is 0 Å². The maximum Gasteiger partial charge on any atom is 0.135 e. The van der Waals surface area contributed by atoms with Crippen LogP contribution in [-0.4, -0.2) is 23.6 Å². The van der Waals surface area contributed by atoms with Crippen LogP contribution in [-0.2, 0) is 0 Å². The van der Waals surface area contributed by atoms with Crippen LogP contribution in [0.1, 0.15) is 36.3 Å². The molecule has 0 bridgehead atoms. The summed E-state index contributed by atoms with van der Waals surface area (Å²) in [5.74, 6) is 2.95. The lowest BCUT2D eigenvalue weighted by Crippen LogP contribution is -2.22. The molecule has 1 heterocycles. The quantitative estimate of drug-likeness (QED) is 0.779. The Morgan fingerprint density at radius 3 is 2.50 bits per heavy atom. The summed E-state index contributed by atoms with van der Waals surface area (Å²) in [4.78, 5) is 11.2. The number of aromatic nitrogens is 2. The molecular formula is C13H21N3. The molecule has 3 nitrogen and oxygen atoms in total. The van der Waals surface area contributed by atoms with Gasteiger partial charge in [0.2, 0.25) is 0 Å². The SMILES string of the molecule is Cc1nc(C)c(C)c(N(C)CCC2CC2)n1. The molecule has 1 aromatic heterocycles. The number of rotatable bonds is 4. The predicted octanol–water partition coefficient (Wildman–Crippen LogP) is 2.64. The molecule has 0 aromatic carbocycles. The van der Waals surface area contributed by atoms with E-state index in [1.165, 1.54) is 24.8 Å². The van der Waals surface area contributed by atoms with Crippen molar-refractivity contribution in [3.05, 3.63) is 17.1 Å². The molecule has 1 aliphatic carbocycles. The minimum atomic E-state index is 0.872. The van der Waals surface area contributed by atoms with Gasteiger partial charge >= 0.3 is 0 Å². The Bertz CT molecular complexity index is 383. The molecule has 3 heteroatoms. The van der Waals surface area contributed by atoms with Gasteiger partial charge < -0.3 is 4.90 Å². The van der Waals surface area contributed by atoms with Gasteiger partial charge in [-0.2, -0.15) is 0 Å². The second kappa shape index (κ2) is 4.40. The molecule has 0 spiro atoms. The van der Waals surface area contributed by atoms with E-state index in [1.54, 1.807) is 0 Å². The van der Waals surface area contributed by atoms with Crippen LogP contribution in [0, 0.1) is 26.7 Å². The topological polar surface area (TPSA) is 29.0 Å². The van der Waals surface area contributed by atoms with Crippen LogP contribution >= 0.6 is 0 Å². The van der Waals surface area contributed by atoms with E-state index >= 15 is 0 Å². The van der Waals surface area contributed by atoms with E-state index in [0.717, 1.165) is 29.8 Å². The minimum absolute atomic E-state index is 0.872. The van der Waals surface area contributed by atoms with Gasteiger partial charge in [-0.25, -0.2) is 9.97 Å². The third-order valence-corrected chi connectivity index (χ3v) is 3.41. The first-order chi connectivity index (χ1) is 7.58. The van der Waals surface area contributed by atoms with Crippen LogP contribution in [0.4, 0.5) is 5.82 Å². The molecule has 1 fully saturated rings. The van der Waals surface area contributed by atoms with Crippen molar-refractivity contribution in [1.29, 1.82) is 0 Å². The number of nitrogens with zero attached hydrogens (tertiary/aromatic N) is 3. The Balaban J connectivity index is 2.10. The molecule has 1 aromatic rings. The molecule has 1 aliphatic rings. The molecule has 0 radical (unpaired) electrons. The number of hydrogen-bond donors (Lipinski definition) is 0. The van der Waals surface area contributed by atoms with Crippen molar-refractivity contribution < 1.29 is 0 Å². The Morgan fingerprint density at radius 1 is 1.19 bits per heavy atom. The van der Waals surface area contributed by atoms with Gasteiger partial charge in [-0.15, -0.1) is 0 Å². The Morgan fingerprint density at radius 2 is 1.88 bits per heavy atom. The fourth-order valence-electron chi connectivity index (χ4n) is 2.01. The highest BCUT2D eigenvalue weighted by Crippen LogP contribution is 2.32. The molecule has 0 saturated heterocycles. The van der Waals surface area contributed by atoms with E-state index in [4.69, 9.17) is 0 Å². The molecule has 0 unspecified atom stereocenters. The molecular weight excluding hydrogens is 198 g/mol. The van der Waals surface area contributed by atoms with Crippen LogP contribution in [0.25, 0.3) is 0 Å². The van der Waals surface area contributed by atoms with Crippen molar-refractivity contribution in [3.8, 4) is 0 Å². The molecule has 0 N–H and O–H groups in total. The number of hydrogen-bond acceptors (Lipinski definition) is 3. The molecule has 0 atom stereocenters. The van der Waals surface area contributed by atoms with Crippen molar-refractivity contribution in [1.82, 2.24) is 9.97 Å². The van der Waals surface area contributed by atoms with E-state index in [2.05, 4.69) is 35.8 Å². The molecule has 2 rings (SSSR count). The monoisotopic (exact) mass is 219 g/mol. The van der Waals surface area contributed by atoms with Crippen LogP contribution in [0.2, 0.25) is 0 Å². The van der Waals surface area contributed by atoms with Crippen molar-refractivity contribution >= 4 is 5.82 Å². The highest BCUT2D eigenvalue weighted by atomic mass is 15.2. The summed E-state index contributed by atoms with van der Waals surface area (Å²) < 4.78 is 0. The minimum Gasteiger partial charge on any atom is -0.359 e. The van der Waals surface area contributed by atoms with Gasteiger partial charge in [0.15, 0.2) is 0 Å². The van der Waals surface area contributed by atoms with Crippen molar-refractivity contribution in [3.63, 3.8) is 0 Å². The van der Waals surface area contributed by atoms with Crippen molar-refractivity contribution in [2.45, 2.75) is 40.0 Å². The zero-order valence-corrected chi connectivity index (χ0v) is 10.7. The summed E-state index contributed by atoms with van der Waals surface area (Å²) in [5, 5.41) is 0. The second-order valence-corrected chi connectivity index (χ2v) is 4.96. The van der Waals surface area contributed by atoms with Crippen LogP contribution in [0.3, 0.4) is 0 Å². The smallest absolute Gasteiger partial charge is 0.135 e. The lowest BCUT2D eigenvalue weighted by atomic mass is 10.2. The van der Waals surface area contributed by atoms with E-state index in [0.29, 0.717) is 0 Å². The van der Waals surface area contributed by atoms with Gasteiger partial charge in [0.25, 0.3) is 0 Å². The Kier molecular flexibility index (Phi) is 3.13. The molecule has 88 valence electrons. The predicted molar refractivity (Wildman–Crippen MR) is 66.9 cm³/mol. The third-order valence-electron chi connectivity index (χ3n) is 3.41. The molecule has 0 amide bonds. The number of aryl methyl sites for hydroxylation is 2. The Labute approximate surface area is 97.9 Å². The average molecular weight is 219 g/mol. The summed E-state index contributed by atoms with van der Waals surface area (Å²) in [6.07, 6.45) is 4.15. The fourth-order valence-corrected chi connectivity index (χ4v) is 2.01. The van der Waals surface area contributed by atoms with Gasteiger partial charge in [-0.3, -0.25) is 0 Å². The third kappa shape index (κ3) is 2.52. The lowest BCUT2D eigenvalue weighted by molar-refractivity contribution is 0.702. The highest BCUT2D eigenvalue weighted by molar-refractivity contribution is 5.47. The average Bonchev–Trinajstić information content (AvgIpc) is 3.03. The van der Waals surface area contributed by atoms with E-state index < -0.39 is 0 Å². The Hall–Kier alpha value is -1.12. The summed E-state index contributed by atoms with van der Waals surface area (Å²) in [6.45, 7) is 7.24. The first kappa shape index (κ1) is 11.4. The largest absolute Gasteiger partial charge is 0.359 e.